The Kier molecular flexibility index (Phi) is 4.04. The zero-order valence-corrected chi connectivity index (χ0v) is 10.9. The molecule has 1 aromatic heterocycles. The number of rotatable bonds is 4. The van der Waals surface area contributed by atoms with Crippen molar-refractivity contribution in [2.24, 2.45) is 7.05 Å². The Morgan fingerprint density at radius 3 is 2.47 bits per heavy atom. The van der Waals surface area contributed by atoms with Crippen molar-refractivity contribution >= 4 is 17.4 Å². The van der Waals surface area contributed by atoms with Crippen LogP contribution in [-0.2, 0) is 13.6 Å². The van der Waals surface area contributed by atoms with Gasteiger partial charge in [-0.2, -0.15) is 13.2 Å². The molecule has 0 aliphatic heterocycles. The summed E-state index contributed by atoms with van der Waals surface area (Å²) in [6, 6.07) is 6.16. The van der Waals surface area contributed by atoms with Crippen LogP contribution < -0.4 is 5.32 Å². The molecule has 3 nitrogen and oxygen atoms in total. The van der Waals surface area contributed by atoms with Gasteiger partial charge in [-0.1, -0.05) is 0 Å². The summed E-state index contributed by atoms with van der Waals surface area (Å²) in [4.78, 5) is 4.16. The average molecular weight is 287 g/mol. The number of benzene rings is 1. The lowest BCUT2D eigenvalue weighted by Gasteiger charge is -2.09. The number of nitrogens with one attached hydrogen (secondary N) is 1. The summed E-state index contributed by atoms with van der Waals surface area (Å²) in [7, 11) is 1.88. The molecule has 0 unspecified atom stereocenters. The normalized spacial score (nSPS) is 11.6. The molecule has 0 atom stereocenters. The molecule has 102 valence electrons. The Morgan fingerprint density at radius 1 is 1.26 bits per heavy atom. The predicted molar refractivity (Wildman–Crippen MR) is 68.9 cm³/mol. The van der Waals surface area contributed by atoms with Crippen molar-refractivity contribution in [2.45, 2.75) is 16.9 Å². The third kappa shape index (κ3) is 4.20. The maximum Gasteiger partial charge on any atom is 0.446 e. The van der Waals surface area contributed by atoms with Gasteiger partial charge in [-0.15, -0.1) is 0 Å². The van der Waals surface area contributed by atoms with Crippen LogP contribution >= 0.6 is 11.8 Å². The molecule has 2 aromatic rings. The number of aryl methyl sites for hydroxylation is 1. The van der Waals surface area contributed by atoms with Gasteiger partial charge in [-0.05, 0) is 36.0 Å². The van der Waals surface area contributed by atoms with Gasteiger partial charge in [0.05, 0.1) is 18.6 Å². The number of thioether (sulfide) groups is 1. The standard InChI is InChI=1S/C12H12F3N3S/c1-18-8-16-6-10(18)7-17-9-2-4-11(5-3-9)19-12(13,14)15/h2-6,8,17H,7H2,1H3. The van der Waals surface area contributed by atoms with Crippen LogP contribution in [0.2, 0.25) is 0 Å². The fourth-order valence-electron chi connectivity index (χ4n) is 1.52. The largest absolute Gasteiger partial charge is 0.446 e. The first kappa shape index (κ1) is 13.8. The zero-order chi connectivity index (χ0) is 13.9. The van der Waals surface area contributed by atoms with Crippen LogP contribution in [0.25, 0.3) is 0 Å². The maximum atomic E-state index is 12.2. The Bertz CT molecular complexity index is 534. The molecule has 0 spiro atoms. The van der Waals surface area contributed by atoms with Gasteiger partial charge in [0.15, 0.2) is 0 Å². The highest BCUT2D eigenvalue weighted by Gasteiger charge is 2.28. The van der Waals surface area contributed by atoms with Gasteiger partial charge in [0.25, 0.3) is 0 Å². The molecule has 0 radical (unpaired) electrons. The van der Waals surface area contributed by atoms with E-state index in [1.165, 1.54) is 12.1 Å². The molecule has 7 heteroatoms. The molecule has 0 fully saturated rings. The summed E-state index contributed by atoms with van der Waals surface area (Å²) >= 11 is -0.114. The van der Waals surface area contributed by atoms with E-state index in [-0.39, 0.29) is 16.7 Å². The SMILES string of the molecule is Cn1cncc1CNc1ccc(SC(F)(F)F)cc1. The number of imidazole rings is 1. The lowest BCUT2D eigenvalue weighted by atomic mass is 10.3. The molecule has 1 heterocycles. The first-order valence-electron chi connectivity index (χ1n) is 5.49. The molecular formula is C12H12F3N3S. The number of hydrogen-bond donors (Lipinski definition) is 1. The van der Waals surface area contributed by atoms with Crippen LogP contribution in [0, 0.1) is 0 Å². The first-order chi connectivity index (χ1) is 8.94. The Hall–Kier alpha value is -1.63. The van der Waals surface area contributed by atoms with E-state index in [0.717, 1.165) is 11.4 Å². The van der Waals surface area contributed by atoms with E-state index in [0.29, 0.717) is 6.54 Å². The van der Waals surface area contributed by atoms with Gasteiger partial charge < -0.3 is 9.88 Å². The lowest BCUT2D eigenvalue weighted by molar-refractivity contribution is -0.0328. The summed E-state index contributed by atoms with van der Waals surface area (Å²) < 4.78 is 38.3. The summed E-state index contributed by atoms with van der Waals surface area (Å²) in [5, 5.41) is 3.13. The van der Waals surface area contributed by atoms with E-state index in [2.05, 4.69) is 10.3 Å². The monoisotopic (exact) mass is 287 g/mol. The number of halogens is 3. The van der Waals surface area contributed by atoms with Crippen molar-refractivity contribution in [2.75, 3.05) is 5.32 Å². The Balaban J connectivity index is 1.94. The van der Waals surface area contributed by atoms with E-state index in [4.69, 9.17) is 0 Å². The number of alkyl halides is 3. The molecule has 0 bridgehead atoms. The van der Waals surface area contributed by atoms with Crippen molar-refractivity contribution in [3.05, 3.63) is 42.5 Å². The van der Waals surface area contributed by atoms with Crippen LogP contribution in [0.4, 0.5) is 18.9 Å². The van der Waals surface area contributed by atoms with Gasteiger partial charge in [-0.3, -0.25) is 0 Å². The smallest absolute Gasteiger partial charge is 0.379 e. The quantitative estimate of drug-likeness (QED) is 0.871. The molecule has 2 rings (SSSR count). The maximum absolute atomic E-state index is 12.2. The minimum absolute atomic E-state index is 0.114. The van der Waals surface area contributed by atoms with Crippen LogP contribution in [-0.4, -0.2) is 15.1 Å². The van der Waals surface area contributed by atoms with Crippen LogP contribution in [0.5, 0.6) is 0 Å². The van der Waals surface area contributed by atoms with Gasteiger partial charge in [-0.25, -0.2) is 4.98 Å². The zero-order valence-electron chi connectivity index (χ0n) is 10.1. The van der Waals surface area contributed by atoms with E-state index in [9.17, 15) is 13.2 Å². The second-order valence-electron chi connectivity index (χ2n) is 3.92. The van der Waals surface area contributed by atoms with E-state index in [1.54, 1.807) is 24.7 Å². The molecule has 1 N–H and O–H groups in total. The van der Waals surface area contributed by atoms with Crippen LogP contribution in [0.1, 0.15) is 5.69 Å². The highest BCUT2D eigenvalue weighted by molar-refractivity contribution is 8.00. The van der Waals surface area contributed by atoms with Crippen molar-refractivity contribution in [3.63, 3.8) is 0 Å². The van der Waals surface area contributed by atoms with Crippen molar-refractivity contribution in [1.29, 1.82) is 0 Å². The number of nitrogens with zero attached hydrogens (tertiary/aromatic N) is 2. The average Bonchev–Trinajstić information content (AvgIpc) is 2.72. The van der Waals surface area contributed by atoms with E-state index in [1.807, 2.05) is 11.6 Å². The molecule has 0 aliphatic carbocycles. The second-order valence-corrected chi connectivity index (χ2v) is 5.06. The van der Waals surface area contributed by atoms with Gasteiger partial charge in [0, 0.05) is 23.8 Å². The van der Waals surface area contributed by atoms with E-state index < -0.39 is 5.51 Å². The highest BCUT2D eigenvalue weighted by Crippen LogP contribution is 2.37. The van der Waals surface area contributed by atoms with Crippen molar-refractivity contribution < 1.29 is 13.2 Å². The summed E-state index contributed by atoms with van der Waals surface area (Å²) in [5.74, 6) is 0. The molecule has 1 aromatic carbocycles. The Morgan fingerprint density at radius 2 is 1.95 bits per heavy atom. The van der Waals surface area contributed by atoms with Gasteiger partial charge in [0.1, 0.15) is 0 Å². The number of anilines is 1. The minimum Gasteiger partial charge on any atom is -0.379 e. The summed E-state index contributed by atoms with van der Waals surface area (Å²) in [6.07, 6.45) is 3.43. The number of hydrogen-bond acceptors (Lipinski definition) is 3. The topological polar surface area (TPSA) is 29.9 Å². The number of aromatic nitrogens is 2. The fourth-order valence-corrected chi connectivity index (χ4v) is 2.06. The van der Waals surface area contributed by atoms with E-state index >= 15 is 0 Å². The lowest BCUT2D eigenvalue weighted by Crippen LogP contribution is -2.04. The van der Waals surface area contributed by atoms with Crippen molar-refractivity contribution in [3.8, 4) is 0 Å². The van der Waals surface area contributed by atoms with Crippen molar-refractivity contribution in [1.82, 2.24) is 9.55 Å². The third-order valence-electron chi connectivity index (χ3n) is 2.48. The van der Waals surface area contributed by atoms with Gasteiger partial charge in [0.2, 0.25) is 0 Å². The summed E-state index contributed by atoms with van der Waals surface area (Å²) in [6.45, 7) is 0.572. The van der Waals surface area contributed by atoms with Crippen LogP contribution in [0.3, 0.4) is 0 Å². The second kappa shape index (κ2) is 5.56. The molecular weight excluding hydrogens is 275 g/mol. The molecule has 19 heavy (non-hydrogen) atoms. The molecule has 0 aliphatic rings. The van der Waals surface area contributed by atoms with Gasteiger partial charge >= 0.3 is 5.51 Å². The predicted octanol–water partition coefficient (Wildman–Crippen LogP) is 3.64. The van der Waals surface area contributed by atoms with Crippen LogP contribution in [0.15, 0.2) is 41.7 Å². The molecule has 0 saturated heterocycles. The highest BCUT2D eigenvalue weighted by atomic mass is 32.2. The molecule has 0 saturated carbocycles. The fraction of sp³-hybridized carbons (Fsp3) is 0.250. The Labute approximate surface area is 112 Å². The molecule has 0 amide bonds. The summed E-state index contributed by atoms with van der Waals surface area (Å²) in [5.41, 5.74) is -2.48. The minimum atomic E-state index is -4.25. The first-order valence-corrected chi connectivity index (χ1v) is 6.30. The third-order valence-corrected chi connectivity index (χ3v) is 3.22.